The minimum absolute atomic E-state index is 0.0293. The third-order valence-electron chi connectivity index (χ3n) is 2.38. The fourth-order valence-electron chi connectivity index (χ4n) is 1.43. The molecule has 0 spiro atoms. The summed E-state index contributed by atoms with van der Waals surface area (Å²) >= 11 is 0. The van der Waals surface area contributed by atoms with Gasteiger partial charge in [0.15, 0.2) is 11.6 Å². The summed E-state index contributed by atoms with van der Waals surface area (Å²) in [6.07, 6.45) is -3.61. The lowest BCUT2D eigenvalue weighted by Gasteiger charge is -2.08. The first-order chi connectivity index (χ1) is 9.36. The Bertz CT molecular complexity index is 612. The summed E-state index contributed by atoms with van der Waals surface area (Å²) in [6, 6.07) is 3.91. The number of hydrogen-bond donors (Lipinski definition) is 1. The molecule has 1 aromatic heterocycles. The maximum atomic E-state index is 12.9. The Labute approximate surface area is 110 Å². The lowest BCUT2D eigenvalue weighted by Crippen LogP contribution is -2.11. The Morgan fingerprint density at radius 1 is 1.05 bits per heavy atom. The van der Waals surface area contributed by atoms with Crippen molar-refractivity contribution in [1.82, 2.24) is 9.97 Å². The van der Waals surface area contributed by atoms with E-state index in [9.17, 15) is 22.0 Å². The molecule has 1 aromatic carbocycles. The molecule has 0 atom stereocenters. The number of nitrogens with zero attached hydrogens (tertiary/aromatic N) is 2. The monoisotopic (exact) mass is 289 g/mol. The first-order valence-electron chi connectivity index (χ1n) is 5.44. The van der Waals surface area contributed by atoms with Crippen LogP contribution in [-0.2, 0) is 12.7 Å². The van der Waals surface area contributed by atoms with Crippen molar-refractivity contribution >= 4 is 5.95 Å². The molecule has 0 saturated carbocycles. The summed E-state index contributed by atoms with van der Waals surface area (Å²) in [7, 11) is 0. The van der Waals surface area contributed by atoms with Gasteiger partial charge in [-0.1, -0.05) is 6.07 Å². The first-order valence-corrected chi connectivity index (χ1v) is 5.44. The number of benzene rings is 1. The third kappa shape index (κ3) is 3.40. The average molecular weight is 289 g/mol. The van der Waals surface area contributed by atoms with Crippen molar-refractivity contribution in [3.63, 3.8) is 0 Å². The Hall–Kier alpha value is -2.25. The summed E-state index contributed by atoms with van der Waals surface area (Å²) in [5.74, 6) is -2.28. The molecule has 20 heavy (non-hydrogen) atoms. The summed E-state index contributed by atoms with van der Waals surface area (Å²) in [5, 5.41) is 2.51. The number of alkyl halides is 3. The highest BCUT2D eigenvalue weighted by Crippen LogP contribution is 2.27. The fraction of sp³-hybridized carbons (Fsp3) is 0.167. The van der Waals surface area contributed by atoms with E-state index in [4.69, 9.17) is 0 Å². The van der Waals surface area contributed by atoms with Crippen LogP contribution in [-0.4, -0.2) is 9.97 Å². The van der Waals surface area contributed by atoms with E-state index in [0.717, 1.165) is 24.4 Å². The minimum Gasteiger partial charge on any atom is -0.350 e. The molecular formula is C12H8F5N3. The van der Waals surface area contributed by atoms with E-state index >= 15 is 0 Å². The van der Waals surface area contributed by atoms with Crippen LogP contribution in [0, 0.1) is 11.6 Å². The third-order valence-corrected chi connectivity index (χ3v) is 2.38. The molecule has 2 aromatic rings. The summed E-state index contributed by atoms with van der Waals surface area (Å²) < 4.78 is 62.9. The standard InChI is InChI=1S/C12H8F5N3/c13-8-2-1-7(5-9(8)14)6-19-11-18-4-3-10(20-11)12(15,16)17/h1-5H,6H2,(H,18,19,20). The van der Waals surface area contributed by atoms with Gasteiger partial charge in [-0.05, 0) is 23.8 Å². The van der Waals surface area contributed by atoms with Gasteiger partial charge in [0.1, 0.15) is 5.69 Å². The highest BCUT2D eigenvalue weighted by Gasteiger charge is 2.32. The van der Waals surface area contributed by atoms with Gasteiger partial charge in [0.25, 0.3) is 0 Å². The van der Waals surface area contributed by atoms with E-state index in [-0.39, 0.29) is 12.5 Å². The second-order valence-electron chi connectivity index (χ2n) is 3.87. The Kier molecular flexibility index (Phi) is 3.82. The first kappa shape index (κ1) is 14.2. The Morgan fingerprint density at radius 3 is 2.45 bits per heavy atom. The van der Waals surface area contributed by atoms with Crippen LogP contribution in [0.25, 0.3) is 0 Å². The molecule has 2 rings (SSSR count). The number of halogens is 5. The van der Waals surface area contributed by atoms with Crippen molar-refractivity contribution in [2.45, 2.75) is 12.7 Å². The van der Waals surface area contributed by atoms with Crippen molar-refractivity contribution in [3.8, 4) is 0 Å². The van der Waals surface area contributed by atoms with Gasteiger partial charge >= 0.3 is 6.18 Å². The molecule has 106 valence electrons. The van der Waals surface area contributed by atoms with Crippen LogP contribution in [0.1, 0.15) is 11.3 Å². The number of anilines is 1. The van der Waals surface area contributed by atoms with E-state index in [1.54, 1.807) is 0 Å². The van der Waals surface area contributed by atoms with Crippen molar-refractivity contribution in [2.24, 2.45) is 0 Å². The van der Waals surface area contributed by atoms with Gasteiger partial charge in [0.2, 0.25) is 5.95 Å². The van der Waals surface area contributed by atoms with E-state index in [0.29, 0.717) is 5.56 Å². The number of nitrogens with one attached hydrogen (secondary N) is 1. The quantitative estimate of drug-likeness (QED) is 0.880. The topological polar surface area (TPSA) is 37.8 Å². The molecule has 0 radical (unpaired) electrons. The highest BCUT2D eigenvalue weighted by molar-refractivity contribution is 5.29. The molecule has 0 aliphatic carbocycles. The zero-order chi connectivity index (χ0) is 14.8. The largest absolute Gasteiger partial charge is 0.433 e. The molecule has 1 N–H and O–H groups in total. The fourth-order valence-corrected chi connectivity index (χ4v) is 1.43. The van der Waals surface area contributed by atoms with Gasteiger partial charge in [-0.25, -0.2) is 18.7 Å². The Balaban J connectivity index is 2.09. The van der Waals surface area contributed by atoms with Gasteiger partial charge in [-0.15, -0.1) is 0 Å². The molecule has 0 bridgehead atoms. The molecule has 1 heterocycles. The minimum atomic E-state index is -4.57. The lowest BCUT2D eigenvalue weighted by atomic mass is 10.2. The molecule has 0 fully saturated rings. The lowest BCUT2D eigenvalue weighted by molar-refractivity contribution is -0.141. The zero-order valence-electron chi connectivity index (χ0n) is 9.88. The van der Waals surface area contributed by atoms with E-state index in [1.165, 1.54) is 6.07 Å². The van der Waals surface area contributed by atoms with Crippen LogP contribution in [0.3, 0.4) is 0 Å². The molecule has 0 amide bonds. The molecule has 0 saturated heterocycles. The van der Waals surface area contributed by atoms with Crippen molar-refractivity contribution < 1.29 is 22.0 Å². The molecule has 3 nitrogen and oxygen atoms in total. The van der Waals surface area contributed by atoms with E-state index in [2.05, 4.69) is 15.3 Å². The molecule has 0 aliphatic rings. The predicted molar refractivity (Wildman–Crippen MR) is 60.7 cm³/mol. The average Bonchev–Trinajstić information content (AvgIpc) is 2.39. The number of hydrogen-bond acceptors (Lipinski definition) is 3. The molecule has 0 unspecified atom stereocenters. The summed E-state index contributed by atoms with van der Waals surface area (Å²) in [4.78, 5) is 6.90. The van der Waals surface area contributed by atoms with Crippen molar-refractivity contribution in [1.29, 1.82) is 0 Å². The number of rotatable bonds is 3. The van der Waals surface area contributed by atoms with Crippen molar-refractivity contribution in [3.05, 3.63) is 53.4 Å². The number of aromatic nitrogens is 2. The van der Waals surface area contributed by atoms with Crippen LogP contribution in [0.2, 0.25) is 0 Å². The molecular weight excluding hydrogens is 281 g/mol. The normalized spacial score (nSPS) is 11.4. The van der Waals surface area contributed by atoms with Crippen molar-refractivity contribution in [2.75, 3.05) is 5.32 Å². The van der Waals surface area contributed by atoms with Gasteiger partial charge < -0.3 is 5.32 Å². The van der Waals surface area contributed by atoms with Gasteiger partial charge in [0, 0.05) is 12.7 Å². The van der Waals surface area contributed by atoms with Crippen LogP contribution in [0.4, 0.5) is 27.9 Å². The maximum Gasteiger partial charge on any atom is 0.433 e. The van der Waals surface area contributed by atoms with E-state index < -0.39 is 23.5 Å². The summed E-state index contributed by atoms with van der Waals surface area (Å²) in [5.41, 5.74) is -0.731. The second-order valence-corrected chi connectivity index (χ2v) is 3.87. The van der Waals surface area contributed by atoms with Crippen LogP contribution in [0.5, 0.6) is 0 Å². The van der Waals surface area contributed by atoms with Gasteiger partial charge in [-0.3, -0.25) is 0 Å². The highest BCUT2D eigenvalue weighted by atomic mass is 19.4. The SMILES string of the molecule is Fc1ccc(CNc2nccc(C(F)(F)F)n2)cc1F. The predicted octanol–water partition coefficient (Wildman–Crippen LogP) is 3.39. The molecule has 8 heteroatoms. The van der Waals surface area contributed by atoms with Gasteiger partial charge in [-0.2, -0.15) is 13.2 Å². The zero-order valence-corrected chi connectivity index (χ0v) is 9.88. The maximum absolute atomic E-state index is 12.9. The van der Waals surface area contributed by atoms with E-state index in [1.807, 2.05) is 0 Å². The van der Waals surface area contributed by atoms with Crippen LogP contribution >= 0.6 is 0 Å². The molecule has 0 aliphatic heterocycles. The van der Waals surface area contributed by atoms with Gasteiger partial charge in [0.05, 0.1) is 0 Å². The smallest absolute Gasteiger partial charge is 0.350 e. The van der Waals surface area contributed by atoms with Crippen LogP contribution < -0.4 is 5.32 Å². The Morgan fingerprint density at radius 2 is 1.80 bits per heavy atom. The second kappa shape index (κ2) is 5.40. The summed E-state index contributed by atoms with van der Waals surface area (Å²) in [6.45, 7) is -0.0293. The van der Waals surface area contributed by atoms with Crippen LogP contribution in [0.15, 0.2) is 30.5 Å².